The van der Waals surface area contributed by atoms with E-state index in [1.54, 1.807) is 43.0 Å². The zero-order valence-corrected chi connectivity index (χ0v) is 29.0. The van der Waals surface area contributed by atoms with Crippen LogP contribution >= 0.6 is 0 Å². The summed E-state index contributed by atoms with van der Waals surface area (Å²) in [5, 5.41) is 21.4. The average Bonchev–Trinajstić information content (AvgIpc) is 3.40. The van der Waals surface area contributed by atoms with Crippen molar-refractivity contribution in [2.75, 3.05) is 51.6 Å². The molecule has 16 nitrogen and oxygen atoms in total. The van der Waals surface area contributed by atoms with Crippen molar-refractivity contribution in [2.45, 2.75) is 70.6 Å². The number of hydrogen-bond donors (Lipinski definition) is 6. The Morgan fingerprint density at radius 2 is 1.50 bits per heavy atom. The molecule has 0 bridgehead atoms. The van der Waals surface area contributed by atoms with Gasteiger partial charge in [0.2, 0.25) is 17.7 Å². The first-order valence-corrected chi connectivity index (χ1v) is 17.0. The normalized spacial score (nSPS) is 16.6. The summed E-state index contributed by atoms with van der Waals surface area (Å²) in [5.74, 6) is -2.86. The summed E-state index contributed by atoms with van der Waals surface area (Å²) < 4.78 is 0. The van der Waals surface area contributed by atoms with Crippen molar-refractivity contribution in [3.8, 4) is 0 Å². The molecule has 0 spiro atoms. The highest BCUT2D eigenvalue weighted by molar-refractivity contribution is 6.12. The lowest BCUT2D eigenvalue weighted by Gasteiger charge is -2.33. The molecule has 0 aromatic heterocycles. The lowest BCUT2D eigenvalue weighted by atomic mass is 10.0. The van der Waals surface area contributed by atoms with E-state index >= 15 is 0 Å². The Kier molecular flexibility index (Phi) is 15.4. The summed E-state index contributed by atoms with van der Waals surface area (Å²) in [6, 6.07) is 3.50. The predicted octanol–water partition coefficient (Wildman–Crippen LogP) is -0.00800. The molecular formula is C34H50N8O8. The number of nitrogens with two attached hydrogens (primary N) is 1. The summed E-state index contributed by atoms with van der Waals surface area (Å²) in [6.07, 6.45) is 3.31. The third-order valence-corrected chi connectivity index (χ3v) is 8.60. The SMILES string of the molecule is CC(C)C(NC(=O)CCCCCN1C(=O)C=CC1=O)C(=O)NC(CCCNC(N)=O)C(=O)Nc1ccc(C(O)C(=O)N2CCN(C)CC2)cc1. The van der Waals surface area contributed by atoms with Gasteiger partial charge in [0.1, 0.15) is 12.1 Å². The van der Waals surface area contributed by atoms with E-state index in [1.807, 2.05) is 7.05 Å². The van der Waals surface area contributed by atoms with Gasteiger partial charge in [0.05, 0.1) is 0 Å². The maximum absolute atomic E-state index is 13.4. The second-order valence-electron chi connectivity index (χ2n) is 12.9. The molecule has 2 aliphatic rings. The van der Waals surface area contributed by atoms with Crippen LogP contribution in [0.1, 0.15) is 64.0 Å². The van der Waals surface area contributed by atoms with Gasteiger partial charge < -0.3 is 41.9 Å². The van der Waals surface area contributed by atoms with Gasteiger partial charge in [0, 0.05) is 63.5 Å². The number of rotatable bonds is 18. The van der Waals surface area contributed by atoms with Crippen LogP contribution in [0.3, 0.4) is 0 Å². The number of amides is 8. The zero-order valence-electron chi connectivity index (χ0n) is 29.0. The van der Waals surface area contributed by atoms with Crippen LogP contribution in [0.25, 0.3) is 0 Å². The number of unbranched alkanes of at least 4 members (excludes halogenated alkanes) is 2. The topological polar surface area (TPSA) is 224 Å². The number of carbonyl (C=O) groups excluding carboxylic acids is 7. The van der Waals surface area contributed by atoms with E-state index in [0.717, 1.165) is 18.0 Å². The highest BCUT2D eigenvalue weighted by atomic mass is 16.3. The van der Waals surface area contributed by atoms with Crippen molar-refractivity contribution in [3.63, 3.8) is 0 Å². The van der Waals surface area contributed by atoms with Crippen molar-refractivity contribution >= 4 is 47.2 Å². The van der Waals surface area contributed by atoms with Crippen molar-refractivity contribution in [3.05, 3.63) is 42.0 Å². The first kappa shape index (κ1) is 39.6. The van der Waals surface area contributed by atoms with Crippen molar-refractivity contribution in [1.82, 2.24) is 30.7 Å². The number of carbonyl (C=O) groups is 7. The number of likely N-dealkylation sites (N-methyl/N-ethyl adjacent to an activating group) is 1. The molecule has 8 amide bonds. The molecule has 16 heteroatoms. The third-order valence-electron chi connectivity index (χ3n) is 8.60. The molecule has 0 saturated carbocycles. The second kappa shape index (κ2) is 19.4. The van der Waals surface area contributed by atoms with Crippen LogP contribution in [0.4, 0.5) is 10.5 Å². The van der Waals surface area contributed by atoms with E-state index in [-0.39, 0.29) is 55.5 Å². The molecule has 274 valence electrons. The van der Waals surface area contributed by atoms with E-state index in [2.05, 4.69) is 26.2 Å². The van der Waals surface area contributed by atoms with Crippen LogP contribution < -0.4 is 27.0 Å². The monoisotopic (exact) mass is 698 g/mol. The Labute approximate surface area is 292 Å². The van der Waals surface area contributed by atoms with E-state index in [0.29, 0.717) is 50.0 Å². The first-order valence-electron chi connectivity index (χ1n) is 17.0. The number of imide groups is 1. The second-order valence-corrected chi connectivity index (χ2v) is 12.9. The van der Waals surface area contributed by atoms with E-state index in [9.17, 15) is 38.7 Å². The van der Waals surface area contributed by atoms with Crippen LogP contribution in [0, 0.1) is 5.92 Å². The Morgan fingerprint density at radius 3 is 2.10 bits per heavy atom. The summed E-state index contributed by atoms with van der Waals surface area (Å²) in [4.78, 5) is 91.7. The Morgan fingerprint density at radius 1 is 0.860 bits per heavy atom. The van der Waals surface area contributed by atoms with Crippen LogP contribution in [-0.4, -0.2) is 120 Å². The van der Waals surface area contributed by atoms with Gasteiger partial charge in [-0.1, -0.05) is 32.4 Å². The maximum atomic E-state index is 13.4. The average molecular weight is 699 g/mol. The molecule has 1 aromatic rings. The van der Waals surface area contributed by atoms with Gasteiger partial charge in [0.25, 0.3) is 17.7 Å². The molecule has 0 radical (unpaired) electrons. The predicted molar refractivity (Wildman–Crippen MR) is 184 cm³/mol. The van der Waals surface area contributed by atoms with E-state index in [4.69, 9.17) is 5.73 Å². The number of anilines is 1. The fraction of sp³-hybridized carbons (Fsp3) is 0.559. The van der Waals surface area contributed by atoms with Crippen LogP contribution in [0.5, 0.6) is 0 Å². The van der Waals surface area contributed by atoms with Crippen LogP contribution in [0.2, 0.25) is 0 Å². The van der Waals surface area contributed by atoms with Crippen molar-refractivity contribution < 1.29 is 38.7 Å². The van der Waals surface area contributed by atoms with Gasteiger partial charge in [-0.25, -0.2) is 4.79 Å². The molecule has 2 aliphatic heterocycles. The minimum Gasteiger partial charge on any atom is -0.378 e. The van der Waals surface area contributed by atoms with Gasteiger partial charge >= 0.3 is 6.03 Å². The van der Waals surface area contributed by atoms with Crippen molar-refractivity contribution in [1.29, 1.82) is 0 Å². The lowest BCUT2D eigenvalue weighted by molar-refractivity contribution is -0.142. The molecule has 7 N–H and O–H groups in total. The number of primary amides is 1. The number of piperazine rings is 1. The highest BCUT2D eigenvalue weighted by Gasteiger charge is 2.30. The number of hydrogen-bond acceptors (Lipinski definition) is 9. The molecule has 1 saturated heterocycles. The largest absolute Gasteiger partial charge is 0.378 e. The first-order chi connectivity index (χ1) is 23.8. The molecule has 0 aliphatic carbocycles. The van der Waals surface area contributed by atoms with Gasteiger partial charge in [-0.3, -0.25) is 33.7 Å². The highest BCUT2D eigenvalue weighted by Crippen LogP contribution is 2.20. The summed E-state index contributed by atoms with van der Waals surface area (Å²) >= 11 is 0. The zero-order chi connectivity index (χ0) is 36.8. The Hall–Kier alpha value is -4.83. The number of aliphatic hydroxyl groups excluding tert-OH is 1. The number of nitrogens with zero attached hydrogens (tertiary/aromatic N) is 3. The molecule has 1 fully saturated rings. The third kappa shape index (κ3) is 12.2. The maximum Gasteiger partial charge on any atom is 0.312 e. The van der Waals surface area contributed by atoms with Crippen LogP contribution in [0.15, 0.2) is 36.4 Å². The Balaban J connectivity index is 1.56. The molecule has 50 heavy (non-hydrogen) atoms. The Bertz CT molecular complexity index is 1390. The number of urea groups is 1. The van der Waals surface area contributed by atoms with Gasteiger partial charge in [-0.15, -0.1) is 0 Å². The summed E-state index contributed by atoms with van der Waals surface area (Å²) in [7, 11) is 1.97. The number of nitrogens with one attached hydrogen (secondary N) is 4. The van der Waals surface area contributed by atoms with Gasteiger partial charge in [-0.2, -0.15) is 0 Å². The summed E-state index contributed by atoms with van der Waals surface area (Å²) in [5.41, 5.74) is 5.89. The van der Waals surface area contributed by atoms with E-state index < -0.39 is 36.0 Å². The molecule has 3 atom stereocenters. The van der Waals surface area contributed by atoms with Crippen molar-refractivity contribution in [2.24, 2.45) is 11.7 Å². The van der Waals surface area contributed by atoms with Crippen LogP contribution in [-0.2, 0) is 28.8 Å². The molecule has 3 unspecified atom stereocenters. The molecule has 1 aromatic carbocycles. The fourth-order valence-corrected chi connectivity index (χ4v) is 5.53. The quantitative estimate of drug-likeness (QED) is 0.0895. The fourth-order valence-electron chi connectivity index (χ4n) is 5.53. The number of benzene rings is 1. The summed E-state index contributed by atoms with van der Waals surface area (Å²) in [6.45, 7) is 6.45. The number of aliphatic hydroxyl groups is 1. The molecule has 2 heterocycles. The van der Waals surface area contributed by atoms with E-state index in [1.165, 1.54) is 12.2 Å². The van der Waals surface area contributed by atoms with Gasteiger partial charge in [0.15, 0.2) is 6.10 Å². The molecule has 3 rings (SSSR count). The molecular weight excluding hydrogens is 648 g/mol. The van der Waals surface area contributed by atoms with Gasteiger partial charge in [-0.05, 0) is 56.3 Å². The lowest BCUT2D eigenvalue weighted by Crippen LogP contribution is -2.54. The minimum absolute atomic E-state index is 0.130. The standard InChI is InChI=1S/C34H50N8O8/c1-22(2)29(39-26(43)9-5-4-6-17-42-27(44)14-15-28(42)45)32(48)38-25(8-7-16-36-34(35)50)31(47)37-24-12-10-23(11-13-24)30(46)33(49)41-20-18-40(3)19-21-41/h10-15,22,25,29-30,46H,4-9,16-21H2,1-3H3,(H,37,47)(H,38,48)(H,39,43)(H3,35,36,50). The minimum atomic E-state index is -1.35. The smallest absolute Gasteiger partial charge is 0.312 e.